The van der Waals surface area contributed by atoms with Gasteiger partial charge in [0.15, 0.2) is 0 Å². The highest BCUT2D eigenvalue weighted by Gasteiger charge is 2.14. The van der Waals surface area contributed by atoms with E-state index in [0.717, 1.165) is 23.3 Å². The van der Waals surface area contributed by atoms with Crippen molar-refractivity contribution in [1.82, 2.24) is 0 Å². The molecule has 4 heteroatoms. The van der Waals surface area contributed by atoms with E-state index in [1.807, 2.05) is 32.1 Å². The number of aryl methyl sites for hydroxylation is 2. The number of hydrogen-bond acceptors (Lipinski definition) is 3. The molecule has 0 atom stereocenters. The quantitative estimate of drug-likeness (QED) is 0.494. The molecule has 0 saturated carbocycles. The van der Waals surface area contributed by atoms with Gasteiger partial charge in [-0.05, 0) is 37.1 Å². The van der Waals surface area contributed by atoms with Gasteiger partial charge in [0.1, 0.15) is 0 Å². The molecule has 0 fully saturated rings. The second kappa shape index (κ2) is 5.70. The second-order valence-corrected chi connectivity index (χ2v) is 4.13. The maximum atomic E-state index is 10.9. The van der Waals surface area contributed by atoms with Crippen LogP contribution in [0, 0.1) is 24.0 Å². The van der Waals surface area contributed by atoms with Gasteiger partial charge < -0.3 is 0 Å². The molecule has 0 radical (unpaired) electrons. The van der Waals surface area contributed by atoms with Crippen molar-refractivity contribution in [2.45, 2.75) is 20.3 Å². The maximum absolute atomic E-state index is 10.9. The molecule has 0 heterocycles. The first kappa shape index (κ1) is 12.8. The van der Waals surface area contributed by atoms with E-state index in [9.17, 15) is 10.1 Å². The van der Waals surface area contributed by atoms with Crippen LogP contribution < -0.4 is 0 Å². The number of nitrogens with zero attached hydrogens (tertiary/aromatic N) is 1. The third kappa shape index (κ3) is 3.10. The molecule has 86 valence electrons. The van der Waals surface area contributed by atoms with Crippen LogP contribution in [0.3, 0.4) is 0 Å². The van der Waals surface area contributed by atoms with Gasteiger partial charge in [-0.2, -0.15) is 12.6 Å². The maximum Gasteiger partial charge on any atom is 0.277 e. The second-order valence-electron chi connectivity index (χ2n) is 3.69. The highest BCUT2D eigenvalue weighted by atomic mass is 32.1. The van der Waals surface area contributed by atoms with Gasteiger partial charge in [0.2, 0.25) is 0 Å². The Labute approximate surface area is 101 Å². The first-order chi connectivity index (χ1) is 7.56. The molecule has 0 amide bonds. The Balaban J connectivity index is 3.19. The Bertz CT molecular complexity index is 427. The molecule has 0 N–H and O–H groups in total. The van der Waals surface area contributed by atoms with E-state index in [0.29, 0.717) is 5.56 Å². The van der Waals surface area contributed by atoms with Gasteiger partial charge in [-0.3, -0.25) is 10.1 Å². The first-order valence-electron chi connectivity index (χ1n) is 5.09. The van der Waals surface area contributed by atoms with Crippen molar-refractivity contribution >= 4 is 24.4 Å². The molecule has 0 aliphatic rings. The number of allylic oxidation sites excluding steroid dienone is 1. The van der Waals surface area contributed by atoms with Crippen molar-refractivity contribution in [3.8, 4) is 0 Å². The zero-order valence-corrected chi connectivity index (χ0v) is 10.3. The van der Waals surface area contributed by atoms with Gasteiger partial charge >= 0.3 is 0 Å². The van der Waals surface area contributed by atoms with Crippen LogP contribution in [0.5, 0.6) is 0 Å². The van der Waals surface area contributed by atoms with Crippen molar-refractivity contribution < 1.29 is 4.92 Å². The predicted octanol–water partition coefficient (Wildman–Crippen LogP) is 3.54. The topological polar surface area (TPSA) is 43.1 Å². The van der Waals surface area contributed by atoms with Crippen LogP contribution in [0.1, 0.15) is 23.1 Å². The summed E-state index contributed by atoms with van der Waals surface area (Å²) in [5.74, 6) is 0.745. The molecular weight excluding hydrogens is 222 g/mol. The summed E-state index contributed by atoms with van der Waals surface area (Å²) in [7, 11) is 0. The number of nitro groups is 1. The Kier molecular flexibility index (Phi) is 4.55. The third-order valence-electron chi connectivity index (χ3n) is 2.29. The SMILES string of the molecule is Cc1cc(C)c(C=CCCS)c([N+](=O)[O-])c1. The summed E-state index contributed by atoms with van der Waals surface area (Å²) in [5.41, 5.74) is 2.71. The van der Waals surface area contributed by atoms with Crippen molar-refractivity contribution in [1.29, 1.82) is 0 Å². The van der Waals surface area contributed by atoms with Crippen LogP contribution >= 0.6 is 12.6 Å². The van der Waals surface area contributed by atoms with Gasteiger partial charge in [0.25, 0.3) is 5.69 Å². The molecule has 0 aromatic heterocycles. The van der Waals surface area contributed by atoms with Crippen molar-refractivity contribution in [3.63, 3.8) is 0 Å². The van der Waals surface area contributed by atoms with Gasteiger partial charge in [0.05, 0.1) is 10.5 Å². The zero-order valence-electron chi connectivity index (χ0n) is 9.43. The summed E-state index contributed by atoms with van der Waals surface area (Å²) in [5, 5.41) is 10.9. The Morgan fingerprint density at radius 1 is 1.44 bits per heavy atom. The van der Waals surface area contributed by atoms with Crippen molar-refractivity contribution in [2.75, 3.05) is 5.75 Å². The van der Waals surface area contributed by atoms with E-state index in [1.54, 1.807) is 6.07 Å². The monoisotopic (exact) mass is 237 g/mol. The largest absolute Gasteiger partial charge is 0.277 e. The Morgan fingerprint density at radius 3 is 2.69 bits per heavy atom. The average Bonchev–Trinajstić information content (AvgIpc) is 2.20. The van der Waals surface area contributed by atoms with Crippen molar-refractivity contribution in [2.24, 2.45) is 0 Å². The lowest BCUT2D eigenvalue weighted by molar-refractivity contribution is -0.385. The Hall–Kier alpha value is -1.29. The minimum Gasteiger partial charge on any atom is -0.258 e. The number of nitro benzene ring substituents is 1. The van der Waals surface area contributed by atoms with E-state index in [-0.39, 0.29) is 10.6 Å². The fraction of sp³-hybridized carbons (Fsp3) is 0.333. The number of rotatable bonds is 4. The lowest BCUT2D eigenvalue weighted by Gasteiger charge is -2.04. The molecule has 3 nitrogen and oxygen atoms in total. The van der Waals surface area contributed by atoms with Gasteiger partial charge in [-0.15, -0.1) is 0 Å². The van der Waals surface area contributed by atoms with E-state index in [1.165, 1.54) is 0 Å². The number of hydrogen-bond donors (Lipinski definition) is 1. The molecule has 1 rings (SSSR count). The minimum absolute atomic E-state index is 0.174. The van der Waals surface area contributed by atoms with E-state index in [2.05, 4.69) is 12.6 Å². The van der Waals surface area contributed by atoms with Crippen LogP contribution in [0.25, 0.3) is 6.08 Å². The normalized spacial score (nSPS) is 10.9. The highest BCUT2D eigenvalue weighted by molar-refractivity contribution is 7.80. The molecule has 0 bridgehead atoms. The molecule has 0 aliphatic carbocycles. The molecular formula is C12H15NO2S. The van der Waals surface area contributed by atoms with Gasteiger partial charge in [-0.25, -0.2) is 0 Å². The van der Waals surface area contributed by atoms with Gasteiger partial charge in [0, 0.05) is 6.07 Å². The predicted molar refractivity (Wildman–Crippen MR) is 70.1 cm³/mol. The van der Waals surface area contributed by atoms with E-state index >= 15 is 0 Å². The minimum atomic E-state index is -0.333. The molecule has 0 spiro atoms. The molecule has 0 saturated heterocycles. The zero-order chi connectivity index (χ0) is 12.1. The summed E-state index contributed by atoms with van der Waals surface area (Å²) in [6, 6.07) is 3.56. The molecule has 1 aromatic rings. The van der Waals surface area contributed by atoms with Crippen LogP contribution in [0.15, 0.2) is 18.2 Å². The fourth-order valence-electron chi connectivity index (χ4n) is 1.60. The third-order valence-corrected chi connectivity index (χ3v) is 2.54. The average molecular weight is 237 g/mol. The molecule has 0 aliphatic heterocycles. The van der Waals surface area contributed by atoms with Crippen LogP contribution in [-0.4, -0.2) is 10.7 Å². The standard InChI is InChI=1S/C12H15NO2S/c1-9-7-10(2)11(5-3-4-6-16)12(8-9)13(14)15/h3,5,7-8,16H,4,6H2,1-2H3. The molecule has 16 heavy (non-hydrogen) atoms. The fourth-order valence-corrected chi connectivity index (χ4v) is 1.75. The van der Waals surface area contributed by atoms with Crippen LogP contribution in [0.4, 0.5) is 5.69 Å². The van der Waals surface area contributed by atoms with E-state index in [4.69, 9.17) is 0 Å². The van der Waals surface area contributed by atoms with E-state index < -0.39 is 0 Å². The smallest absolute Gasteiger partial charge is 0.258 e. The van der Waals surface area contributed by atoms with Crippen LogP contribution in [-0.2, 0) is 0 Å². The molecule has 0 unspecified atom stereocenters. The summed E-state index contributed by atoms with van der Waals surface area (Å²) in [6.07, 6.45) is 4.54. The summed E-state index contributed by atoms with van der Waals surface area (Å²) in [4.78, 5) is 10.6. The number of benzene rings is 1. The van der Waals surface area contributed by atoms with Crippen LogP contribution in [0.2, 0.25) is 0 Å². The molecule has 1 aromatic carbocycles. The first-order valence-corrected chi connectivity index (χ1v) is 5.72. The Morgan fingerprint density at radius 2 is 2.12 bits per heavy atom. The lowest BCUT2D eigenvalue weighted by atomic mass is 10.0. The number of thiol groups is 1. The summed E-state index contributed by atoms with van der Waals surface area (Å²) < 4.78 is 0. The van der Waals surface area contributed by atoms with Crippen molar-refractivity contribution in [3.05, 3.63) is 45.0 Å². The summed E-state index contributed by atoms with van der Waals surface area (Å²) >= 11 is 4.09. The lowest BCUT2D eigenvalue weighted by Crippen LogP contribution is -1.95. The van der Waals surface area contributed by atoms with Gasteiger partial charge in [-0.1, -0.05) is 18.2 Å². The highest BCUT2D eigenvalue weighted by Crippen LogP contribution is 2.25. The summed E-state index contributed by atoms with van der Waals surface area (Å²) in [6.45, 7) is 3.75.